The number of aliphatic carboxylic acids is 1. The molecule has 0 radical (unpaired) electrons. The van der Waals surface area contributed by atoms with Gasteiger partial charge in [0.2, 0.25) is 0 Å². The van der Waals surface area contributed by atoms with Crippen molar-refractivity contribution in [3.8, 4) is 0 Å². The maximum absolute atomic E-state index is 14.0. The fourth-order valence-electron chi connectivity index (χ4n) is 1.88. The van der Waals surface area contributed by atoms with Crippen LogP contribution in [0.3, 0.4) is 0 Å². The molecule has 1 aromatic carbocycles. The number of carboxylic acid groups (broad SMARTS) is 1. The summed E-state index contributed by atoms with van der Waals surface area (Å²) >= 11 is 0. The van der Waals surface area contributed by atoms with Gasteiger partial charge in [-0.3, -0.25) is 4.79 Å². The number of pyridine rings is 1. The van der Waals surface area contributed by atoms with Crippen LogP contribution in [0.5, 0.6) is 0 Å². The molecule has 0 aliphatic carbocycles. The van der Waals surface area contributed by atoms with Gasteiger partial charge in [0.15, 0.2) is 0 Å². The van der Waals surface area contributed by atoms with Crippen LogP contribution in [0, 0.1) is 12.7 Å². The summed E-state index contributed by atoms with van der Waals surface area (Å²) in [6.07, 6.45) is 3.88. The van der Waals surface area contributed by atoms with Crippen molar-refractivity contribution in [2.45, 2.75) is 13.5 Å². The number of aryl methyl sites for hydroxylation is 1. The first-order valence-electron chi connectivity index (χ1n) is 6.32. The van der Waals surface area contributed by atoms with E-state index in [0.29, 0.717) is 11.1 Å². The SMILES string of the molecule is Cc1ccn(Cc2ccc(C=CC(=O)O)cc2F)c(=O)c1. The first-order valence-corrected chi connectivity index (χ1v) is 6.32. The number of hydrogen-bond acceptors (Lipinski definition) is 2. The maximum Gasteiger partial charge on any atom is 0.328 e. The molecule has 21 heavy (non-hydrogen) atoms. The molecule has 0 spiro atoms. The van der Waals surface area contributed by atoms with Crippen molar-refractivity contribution in [2.24, 2.45) is 0 Å². The Hall–Kier alpha value is -2.69. The lowest BCUT2D eigenvalue weighted by molar-refractivity contribution is -0.131. The van der Waals surface area contributed by atoms with E-state index >= 15 is 0 Å². The Balaban J connectivity index is 2.25. The zero-order chi connectivity index (χ0) is 15.4. The highest BCUT2D eigenvalue weighted by Gasteiger charge is 2.05. The number of halogens is 1. The molecular formula is C16H14FNO3. The molecule has 2 aromatic rings. The molecule has 0 fully saturated rings. The van der Waals surface area contributed by atoms with Crippen molar-refractivity contribution >= 4 is 12.0 Å². The van der Waals surface area contributed by atoms with E-state index in [1.165, 1.54) is 22.8 Å². The molecule has 5 heteroatoms. The van der Waals surface area contributed by atoms with Gasteiger partial charge < -0.3 is 9.67 Å². The smallest absolute Gasteiger partial charge is 0.328 e. The molecule has 0 aliphatic heterocycles. The Morgan fingerprint density at radius 2 is 2.10 bits per heavy atom. The van der Waals surface area contributed by atoms with Gasteiger partial charge in [-0.2, -0.15) is 0 Å². The van der Waals surface area contributed by atoms with E-state index in [1.54, 1.807) is 24.4 Å². The van der Waals surface area contributed by atoms with Gasteiger partial charge in [-0.25, -0.2) is 9.18 Å². The summed E-state index contributed by atoms with van der Waals surface area (Å²) in [6, 6.07) is 7.67. The highest BCUT2D eigenvalue weighted by atomic mass is 19.1. The third-order valence-electron chi connectivity index (χ3n) is 2.99. The number of carbonyl (C=O) groups is 1. The van der Waals surface area contributed by atoms with Crippen LogP contribution in [0.1, 0.15) is 16.7 Å². The van der Waals surface area contributed by atoms with Gasteiger partial charge in [0, 0.05) is 23.9 Å². The van der Waals surface area contributed by atoms with E-state index in [4.69, 9.17) is 5.11 Å². The third kappa shape index (κ3) is 3.89. The lowest BCUT2D eigenvalue weighted by Gasteiger charge is -2.08. The van der Waals surface area contributed by atoms with Gasteiger partial charge in [-0.05, 0) is 36.3 Å². The van der Waals surface area contributed by atoms with Crippen molar-refractivity contribution < 1.29 is 14.3 Å². The molecule has 1 heterocycles. The van der Waals surface area contributed by atoms with Crippen LogP contribution in [0.2, 0.25) is 0 Å². The van der Waals surface area contributed by atoms with Gasteiger partial charge >= 0.3 is 5.97 Å². The zero-order valence-corrected chi connectivity index (χ0v) is 11.4. The minimum absolute atomic E-state index is 0.133. The van der Waals surface area contributed by atoms with Gasteiger partial charge in [0.25, 0.3) is 5.56 Å². The van der Waals surface area contributed by atoms with Crippen molar-refractivity contribution in [3.63, 3.8) is 0 Å². The number of rotatable bonds is 4. The second-order valence-electron chi connectivity index (χ2n) is 4.69. The number of hydrogen-bond donors (Lipinski definition) is 1. The fourth-order valence-corrected chi connectivity index (χ4v) is 1.88. The van der Waals surface area contributed by atoms with Gasteiger partial charge in [0.05, 0.1) is 6.54 Å². The topological polar surface area (TPSA) is 59.3 Å². The average molecular weight is 287 g/mol. The predicted molar refractivity (Wildman–Crippen MR) is 77.6 cm³/mol. The summed E-state index contributed by atoms with van der Waals surface area (Å²) in [6.45, 7) is 1.95. The lowest BCUT2D eigenvalue weighted by Crippen LogP contribution is -2.19. The second kappa shape index (κ2) is 6.17. The van der Waals surface area contributed by atoms with Crippen molar-refractivity contribution in [1.82, 2.24) is 4.57 Å². The molecular weight excluding hydrogens is 273 g/mol. The molecule has 2 rings (SSSR count). The monoisotopic (exact) mass is 287 g/mol. The lowest BCUT2D eigenvalue weighted by atomic mass is 10.1. The molecule has 0 saturated carbocycles. The van der Waals surface area contributed by atoms with Gasteiger partial charge in [-0.15, -0.1) is 0 Å². The van der Waals surface area contributed by atoms with Crippen LogP contribution in [-0.2, 0) is 11.3 Å². The second-order valence-corrected chi connectivity index (χ2v) is 4.69. The molecule has 0 saturated heterocycles. The number of aromatic nitrogens is 1. The van der Waals surface area contributed by atoms with E-state index in [2.05, 4.69) is 0 Å². The van der Waals surface area contributed by atoms with Crippen LogP contribution in [0.4, 0.5) is 4.39 Å². The number of carboxylic acids is 1. The summed E-state index contributed by atoms with van der Waals surface area (Å²) < 4.78 is 15.4. The normalized spacial score (nSPS) is 11.0. The predicted octanol–water partition coefficient (Wildman–Crippen LogP) is 2.44. The van der Waals surface area contributed by atoms with E-state index < -0.39 is 11.8 Å². The summed E-state index contributed by atoms with van der Waals surface area (Å²) in [5.74, 6) is -1.57. The quantitative estimate of drug-likeness (QED) is 0.879. The van der Waals surface area contributed by atoms with Crippen LogP contribution < -0.4 is 5.56 Å². The largest absolute Gasteiger partial charge is 0.478 e. The summed E-state index contributed by atoms with van der Waals surface area (Å²) in [7, 11) is 0. The first-order chi connectivity index (χ1) is 9.95. The molecule has 0 aliphatic rings. The highest BCUT2D eigenvalue weighted by Crippen LogP contribution is 2.13. The number of benzene rings is 1. The summed E-state index contributed by atoms with van der Waals surface area (Å²) in [4.78, 5) is 22.2. The molecule has 0 bridgehead atoms. The minimum Gasteiger partial charge on any atom is -0.478 e. The van der Waals surface area contributed by atoms with Crippen LogP contribution >= 0.6 is 0 Å². The molecule has 0 atom stereocenters. The van der Waals surface area contributed by atoms with E-state index in [1.807, 2.05) is 6.92 Å². The molecule has 4 nitrogen and oxygen atoms in total. The van der Waals surface area contributed by atoms with Crippen molar-refractivity contribution in [2.75, 3.05) is 0 Å². The molecule has 0 amide bonds. The van der Waals surface area contributed by atoms with E-state index in [0.717, 1.165) is 11.6 Å². The Bertz CT molecular complexity index is 762. The number of nitrogens with zero attached hydrogens (tertiary/aromatic N) is 1. The molecule has 108 valence electrons. The van der Waals surface area contributed by atoms with Crippen molar-refractivity contribution in [3.05, 3.63) is 75.5 Å². The zero-order valence-electron chi connectivity index (χ0n) is 11.4. The Labute approximate surface area is 120 Å². The van der Waals surface area contributed by atoms with E-state index in [9.17, 15) is 14.0 Å². The van der Waals surface area contributed by atoms with Gasteiger partial charge in [0.1, 0.15) is 5.82 Å². The Morgan fingerprint density at radius 1 is 1.33 bits per heavy atom. The minimum atomic E-state index is -1.09. The Kier molecular flexibility index (Phi) is 4.33. The average Bonchev–Trinajstić information content (AvgIpc) is 2.42. The first kappa shape index (κ1) is 14.7. The van der Waals surface area contributed by atoms with Crippen molar-refractivity contribution in [1.29, 1.82) is 0 Å². The molecule has 1 aromatic heterocycles. The van der Waals surface area contributed by atoms with Crippen LogP contribution in [0.15, 0.2) is 47.4 Å². The fraction of sp³-hybridized carbons (Fsp3) is 0.125. The van der Waals surface area contributed by atoms with E-state index in [-0.39, 0.29) is 12.1 Å². The molecule has 0 unspecified atom stereocenters. The van der Waals surface area contributed by atoms with Crippen LogP contribution in [0.25, 0.3) is 6.08 Å². The highest BCUT2D eigenvalue weighted by molar-refractivity contribution is 5.85. The summed E-state index contributed by atoms with van der Waals surface area (Å²) in [5, 5.41) is 8.53. The van der Waals surface area contributed by atoms with Gasteiger partial charge in [-0.1, -0.05) is 12.1 Å². The third-order valence-corrected chi connectivity index (χ3v) is 2.99. The molecule has 1 N–H and O–H groups in total. The summed E-state index contributed by atoms with van der Waals surface area (Å²) in [5.41, 5.74) is 1.48. The standard InChI is InChI=1S/C16H14FNO3/c1-11-6-7-18(15(19)8-11)10-13-4-2-12(9-14(13)17)3-5-16(20)21/h2-9H,10H2,1H3,(H,20,21). The maximum atomic E-state index is 14.0. The van der Waals surface area contributed by atoms with Crippen LogP contribution in [-0.4, -0.2) is 15.6 Å². The Morgan fingerprint density at radius 3 is 2.71 bits per heavy atom.